The molecule has 1 N–H and O–H groups in total. The molecular weight excluding hydrogens is 265 g/mol. The molecule has 0 saturated carbocycles. The summed E-state index contributed by atoms with van der Waals surface area (Å²) >= 11 is 0. The molecular formula is C14H12FNO4. The van der Waals surface area contributed by atoms with Gasteiger partial charge in [-0.2, -0.15) is 0 Å². The lowest BCUT2D eigenvalue weighted by molar-refractivity contribution is 0.0692. The van der Waals surface area contributed by atoms with Crippen molar-refractivity contribution >= 4 is 5.97 Å². The number of aromatic nitrogens is 1. The van der Waals surface area contributed by atoms with Gasteiger partial charge in [-0.25, -0.2) is 14.2 Å². The maximum absolute atomic E-state index is 13.0. The van der Waals surface area contributed by atoms with Crippen LogP contribution in [0.1, 0.15) is 17.3 Å². The van der Waals surface area contributed by atoms with Crippen LogP contribution < -0.4 is 9.47 Å². The summed E-state index contributed by atoms with van der Waals surface area (Å²) < 4.78 is 23.8. The minimum Gasteiger partial charge on any atom is -0.490 e. The molecule has 0 atom stereocenters. The third-order valence-electron chi connectivity index (χ3n) is 2.40. The number of carboxylic acids is 1. The van der Waals surface area contributed by atoms with Gasteiger partial charge in [0.15, 0.2) is 11.5 Å². The van der Waals surface area contributed by atoms with Crippen molar-refractivity contribution in [1.29, 1.82) is 0 Å². The molecule has 6 heteroatoms. The van der Waals surface area contributed by atoms with E-state index in [-0.39, 0.29) is 11.4 Å². The fraction of sp³-hybridized carbons (Fsp3) is 0.143. The maximum atomic E-state index is 13.0. The van der Waals surface area contributed by atoms with Crippen LogP contribution in [-0.4, -0.2) is 22.7 Å². The van der Waals surface area contributed by atoms with Gasteiger partial charge in [-0.1, -0.05) is 12.1 Å². The molecule has 0 saturated heterocycles. The summed E-state index contributed by atoms with van der Waals surface area (Å²) in [7, 11) is 0. The average Bonchev–Trinajstić information content (AvgIpc) is 2.43. The summed E-state index contributed by atoms with van der Waals surface area (Å²) in [6.45, 7) is 2.25. The van der Waals surface area contributed by atoms with Gasteiger partial charge in [-0.05, 0) is 25.1 Å². The number of hydrogen-bond acceptors (Lipinski definition) is 4. The van der Waals surface area contributed by atoms with Crippen molar-refractivity contribution in [3.8, 4) is 17.4 Å². The zero-order valence-corrected chi connectivity index (χ0v) is 10.7. The Bertz CT molecular complexity index is 630. The van der Waals surface area contributed by atoms with E-state index in [1.54, 1.807) is 24.3 Å². The van der Waals surface area contributed by atoms with Gasteiger partial charge in [0.2, 0.25) is 5.88 Å². The van der Waals surface area contributed by atoms with Crippen LogP contribution in [0.25, 0.3) is 0 Å². The van der Waals surface area contributed by atoms with Crippen LogP contribution >= 0.6 is 0 Å². The molecule has 1 aromatic heterocycles. The summed E-state index contributed by atoms with van der Waals surface area (Å²) in [4.78, 5) is 14.7. The molecule has 0 unspecified atom stereocenters. The number of rotatable bonds is 5. The topological polar surface area (TPSA) is 68.7 Å². The van der Waals surface area contributed by atoms with E-state index in [4.69, 9.17) is 14.6 Å². The molecule has 0 radical (unpaired) electrons. The number of carbonyl (C=O) groups is 1. The number of ether oxygens (including phenoxy) is 2. The zero-order chi connectivity index (χ0) is 14.5. The highest BCUT2D eigenvalue weighted by molar-refractivity contribution is 5.90. The monoisotopic (exact) mass is 277 g/mol. The molecule has 104 valence electrons. The normalized spacial score (nSPS) is 10.1. The maximum Gasteiger partial charge on any atom is 0.341 e. The first-order valence-corrected chi connectivity index (χ1v) is 5.90. The molecule has 0 amide bonds. The van der Waals surface area contributed by atoms with Crippen LogP contribution in [0.5, 0.6) is 17.4 Å². The van der Waals surface area contributed by atoms with Gasteiger partial charge in [0, 0.05) is 0 Å². The van der Waals surface area contributed by atoms with Crippen LogP contribution in [0.2, 0.25) is 0 Å². The van der Waals surface area contributed by atoms with Gasteiger partial charge in [0.1, 0.15) is 11.4 Å². The second-order valence-corrected chi connectivity index (χ2v) is 3.79. The van der Waals surface area contributed by atoms with Crippen LogP contribution in [0.4, 0.5) is 4.39 Å². The Morgan fingerprint density at radius 3 is 2.70 bits per heavy atom. The van der Waals surface area contributed by atoms with Crippen LogP contribution in [0.15, 0.2) is 36.5 Å². The molecule has 0 aliphatic rings. The Labute approximate surface area is 114 Å². The van der Waals surface area contributed by atoms with E-state index in [2.05, 4.69) is 4.98 Å². The Balaban J connectivity index is 2.37. The van der Waals surface area contributed by atoms with Gasteiger partial charge in [0.25, 0.3) is 0 Å². The largest absolute Gasteiger partial charge is 0.490 e. The first-order chi connectivity index (χ1) is 9.61. The highest BCUT2D eigenvalue weighted by Gasteiger charge is 2.16. The third-order valence-corrected chi connectivity index (χ3v) is 2.40. The van der Waals surface area contributed by atoms with Crippen molar-refractivity contribution in [2.45, 2.75) is 6.92 Å². The van der Waals surface area contributed by atoms with Crippen LogP contribution in [-0.2, 0) is 0 Å². The Kier molecular flexibility index (Phi) is 4.14. The first kappa shape index (κ1) is 13.8. The predicted octanol–water partition coefficient (Wildman–Crippen LogP) is 3.11. The van der Waals surface area contributed by atoms with Crippen molar-refractivity contribution in [2.75, 3.05) is 6.61 Å². The number of carboxylic acid groups (broad SMARTS) is 1. The van der Waals surface area contributed by atoms with E-state index in [1.807, 2.05) is 6.92 Å². The highest BCUT2D eigenvalue weighted by atomic mass is 19.1. The summed E-state index contributed by atoms with van der Waals surface area (Å²) in [5.74, 6) is -1.48. The van der Waals surface area contributed by atoms with E-state index in [0.29, 0.717) is 18.1 Å². The minimum absolute atomic E-state index is 0.189. The SMILES string of the molecule is CCOc1ccccc1Oc1ncc(F)cc1C(=O)O. The number of pyridine rings is 1. The molecule has 0 bridgehead atoms. The first-order valence-electron chi connectivity index (χ1n) is 5.90. The molecule has 1 aromatic carbocycles. The Morgan fingerprint density at radius 1 is 1.35 bits per heavy atom. The molecule has 5 nitrogen and oxygen atoms in total. The van der Waals surface area contributed by atoms with Crippen LogP contribution in [0, 0.1) is 5.82 Å². The number of nitrogens with zero attached hydrogens (tertiary/aromatic N) is 1. The van der Waals surface area contributed by atoms with E-state index in [1.165, 1.54) is 0 Å². The van der Waals surface area contributed by atoms with E-state index < -0.39 is 11.8 Å². The number of benzene rings is 1. The van der Waals surface area contributed by atoms with Crippen LogP contribution in [0.3, 0.4) is 0 Å². The van der Waals surface area contributed by atoms with Crippen molar-refractivity contribution < 1.29 is 23.8 Å². The van der Waals surface area contributed by atoms with Gasteiger partial charge in [-0.15, -0.1) is 0 Å². The Morgan fingerprint density at radius 2 is 2.05 bits per heavy atom. The molecule has 0 aliphatic carbocycles. The third kappa shape index (κ3) is 3.03. The van der Waals surface area contributed by atoms with Gasteiger partial charge in [0.05, 0.1) is 12.8 Å². The fourth-order valence-corrected chi connectivity index (χ4v) is 1.57. The van der Waals surface area contributed by atoms with E-state index in [0.717, 1.165) is 12.3 Å². The smallest absolute Gasteiger partial charge is 0.341 e. The van der Waals surface area contributed by atoms with Crippen molar-refractivity contribution in [3.63, 3.8) is 0 Å². The summed E-state index contributed by atoms with van der Waals surface area (Å²) in [5, 5.41) is 9.02. The average molecular weight is 277 g/mol. The lowest BCUT2D eigenvalue weighted by Gasteiger charge is -2.11. The predicted molar refractivity (Wildman–Crippen MR) is 68.8 cm³/mol. The molecule has 0 spiro atoms. The number of aromatic carboxylic acids is 1. The number of halogens is 1. The molecule has 1 heterocycles. The van der Waals surface area contributed by atoms with Gasteiger partial charge < -0.3 is 14.6 Å². The second kappa shape index (κ2) is 6.01. The Hall–Kier alpha value is -2.63. The van der Waals surface area contributed by atoms with Gasteiger partial charge in [-0.3, -0.25) is 0 Å². The lowest BCUT2D eigenvalue weighted by Crippen LogP contribution is -2.04. The zero-order valence-electron chi connectivity index (χ0n) is 10.7. The summed E-state index contributed by atoms with van der Waals surface area (Å²) in [5.41, 5.74) is -0.351. The molecule has 2 aromatic rings. The summed E-state index contributed by atoms with van der Waals surface area (Å²) in [6.07, 6.45) is 0.894. The molecule has 0 aliphatic heterocycles. The molecule has 20 heavy (non-hydrogen) atoms. The van der Waals surface area contributed by atoms with Gasteiger partial charge >= 0.3 is 5.97 Å². The number of hydrogen-bond donors (Lipinski definition) is 1. The van der Waals surface area contributed by atoms with E-state index in [9.17, 15) is 9.18 Å². The van der Waals surface area contributed by atoms with E-state index >= 15 is 0 Å². The molecule has 0 fully saturated rings. The fourth-order valence-electron chi connectivity index (χ4n) is 1.57. The molecule has 2 rings (SSSR count). The second-order valence-electron chi connectivity index (χ2n) is 3.79. The standard InChI is InChI=1S/C14H12FNO4/c1-2-19-11-5-3-4-6-12(11)20-13-10(14(17)18)7-9(15)8-16-13/h3-8H,2H2,1H3,(H,17,18). The number of para-hydroxylation sites is 2. The minimum atomic E-state index is -1.32. The summed E-state index contributed by atoms with van der Waals surface area (Å²) in [6, 6.07) is 7.62. The lowest BCUT2D eigenvalue weighted by atomic mass is 10.2. The van der Waals surface area contributed by atoms with Crippen molar-refractivity contribution in [1.82, 2.24) is 4.98 Å². The highest BCUT2D eigenvalue weighted by Crippen LogP contribution is 2.31. The van der Waals surface area contributed by atoms with Crippen molar-refractivity contribution in [2.24, 2.45) is 0 Å². The van der Waals surface area contributed by atoms with Crippen molar-refractivity contribution in [3.05, 3.63) is 47.9 Å². The quantitative estimate of drug-likeness (QED) is 0.909.